The lowest BCUT2D eigenvalue weighted by Gasteiger charge is -2.23. The van der Waals surface area contributed by atoms with Crippen LogP contribution in [0.3, 0.4) is 0 Å². The fraction of sp³-hybridized carbons (Fsp3) is 0.917. The van der Waals surface area contributed by atoms with Gasteiger partial charge in [-0.25, -0.2) is 0 Å². The number of nitrogens with zero attached hydrogens (tertiary/aromatic N) is 1. The molecule has 1 heterocycles. The first kappa shape index (κ1) is 11.9. The van der Waals surface area contributed by atoms with Gasteiger partial charge in [0.05, 0.1) is 25.4 Å². The maximum absolute atomic E-state index is 11.6. The Labute approximate surface area is 97.3 Å². The highest BCUT2D eigenvalue weighted by Crippen LogP contribution is 2.20. The zero-order valence-electron chi connectivity index (χ0n) is 10.1. The smallest absolute Gasteiger partial charge is 0.237 e. The van der Waals surface area contributed by atoms with Crippen molar-refractivity contribution in [2.45, 2.75) is 51.3 Å². The van der Waals surface area contributed by atoms with Crippen LogP contribution in [-0.4, -0.2) is 42.8 Å². The third-order valence-electron chi connectivity index (χ3n) is 3.56. The van der Waals surface area contributed by atoms with Gasteiger partial charge in [0.25, 0.3) is 0 Å². The molecule has 0 aromatic carbocycles. The van der Waals surface area contributed by atoms with Crippen molar-refractivity contribution in [2.75, 3.05) is 19.7 Å². The summed E-state index contributed by atoms with van der Waals surface area (Å²) in [4.78, 5) is 13.5. The second-order valence-electron chi connectivity index (χ2n) is 4.67. The number of amides is 1. The normalized spacial score (nSPS) is 26.9. The molecule has 1 saturated heterocycles. The molecule has 1 aliphatic carbocycles. The molecule has 92 valence electrons. The number of nitrogens with one attached hydrogen (secondary N) is 1. The summed E-state index contributed by atoms with van der Waals surface area (Å²) in [6.45, 7) is 4.01. The number of hydrogen-bond donors (Lipinski definition) is 1. The number of carbonyl (C=O) groups excluding carboxylic acids is 1. The van der Waals surface area contributed by atoms with E-state index in [1.807, 2.05) is 4.90 Å². The largest absolute Gasteiger partial charge is 0.376 e. The topological polar surface area (TPSA) is 41.6 Å². The van der Waals surface area contributed by atoms with Crippen molar-refractivity contribution in [1.82, 2.24) is 10.2 Å². The molecule has 4 heteroatoms. The zero-order valence-corrected chi connectivity index (χ0v) is 10.1. The minimum absolute atomic E-state index is 0.210. The Morgan fingerprint density at radius 2 is 2.19 bits per heavy atom. The predicted molar refractivity (Wildman–Crippen MR) is 62.0 cm³/mol. The summed E-state index contributed by atoms with van der Waals surface area (Å²) in [7, 11) is 0. The van der Waals surface area contributed by atoms with E-state index >= 15 is 0 Å². The summed E-state index contributed by atoms with van der Waals surface area (Å²) in [5.41, 5.74) is 0. The average molecular weight is 226 g/mol. The van der Waals surface area contributed by atoms with Gasteiger partial charge >= 0.3 is 0 Å². The van der Waals surface area contributed by atoms with Gasteiger partial charge in [0.2, 0.25) is 5.91 Å². The summed E-state index contributed by atoms with van der Waals surface area (Å²) in [5.74, 6) is 0.210. The van der Waals surface area contributed by atoms with Crippen molar-refractivity contribution in [3.05, 3.63) is 0 Å². The first-order valence-corrected chi connectivity index (χ1v) is 6.45. The second kappa shape index (κ2) is 5.64. The standard InChI is InChI=1S/C12H22N2O2/c1-2-11-13-9-12(15)14(11)7-8-16-10-5-3-4-6-10/h10-11,13H,2-9H2,1H3. The zero-order chi connectivity index (χ0) is 11.4. The predicted octanol–water partition coefficient (Wildman–Crippen LogP) is 1.11. The van der Waals surface area contributed by atoms with E-state index in [2.05, 4.69) is 12.2 Å². The maximum Gasteiger partial charge on any atom is 0.237 e. The summed E-state index contributed by atoms with van der Waals surface area (Å²) in [6, 6.07) is 0. The van der Waals surface area contributed by atoms with Gasteiger partial charge in [0.15, 0.2) is 0 Å². The van der Waals surface area contributed by atoms with Crippen molar-refractivity contribution in [3.63, 3.8) is 0 Å². The van der Waals surface area contributed by atoms with Gasteiger partial charge in [-0.1, -0.05) is 19.8 Å². The summed E-state index contributed by atoms with van der Waals surface area (Å²) >= 11 is 0. The molecule has 0 aromatic heterocycles. The van der Waals surface area contributed by atoms with E-state index in [4.69, 9.17) is 4.74 Å². The number of carbonyl (C=O) groups is 1. The summed E-state index contributed by atoms with van der Waals surface area (Å²) in [6.07, 6.45) is 6.63. The molecule has 2 fully saturated rings. The van der Waals surface area contributed by atoms with Crippen LogP contribution in [0.25, 0.3) is 0 Å². The lowest BCUT2D eigenvalue weighted by atomic mass is 10.3. The van der Waals surface area contributed by atoms with E-state index in [1.165, 1.54) is 25.7 Å². The minimum Gasteiger partial charge on any atom is -0.376 e. The molecule has 1 saturated carbocycles. The van der Waals surface area contributed by atoms with Gasteiger partial charge in [-0.2, -0.15) is 0 Å². The fourth-order valence-corrected chi connectivity index (χ4v) is 2.61. The van der Waals surface area contributed by atoms with Crippen LogP contribution in [0.1, 0.15) is 39.0 Å². The Kier molecular flexibility index (Phi) is 4.18. The lowest BCUT2D eigenvalue weighted by molar-refractivity contribution is -0.129. The SMILES string of the molecule is CCC1NCC(=O)N1CCOC1CCCC1. The van der Waals surface area contributed by atoms with E-state index < -0.39 is 0 Å². The van der Waals surface area contributed by atoms with Gasteiger partial charge in [-0.3, -0.25) is 10.1 Å². The monoisotopic (exact) mass is 226 g/mol. The highest BCUT2D eigenvalue weighted by molar-refractivity contribution is 5.80. The van der Waals surface area contributed by atoms with E-state index in [-0.39, 0.29) is 12.1 Å². The van der Waals surface area contributed by atoms with E-state index in [0.717, 1.165) is 13.0 Å². The average Bonchev–Trinajstić information content (AvgIpc) is 2.90. The first-order valence-electron chi connectivity index (χ1n) is 6.45. The Bertz CT molecular complexity index is 239. The van der Waals surface area contributed by atoms with Crippen molar-refractivity contribution >= 4 is 5.91 Å². The molecule has 0 aromatic rings. The lowest BCUT2D eigenvalue weighted by Crippen LogP contribution is -2.39. The molecule has 2 aliphatic rings. The molecule has 1 aliphatic heterocycles. The van der Waals surface area contributed by atoms with Gasteiger partial charge in [-0.15, -0.1) is 0 Å². The maximum atomic E-state index is 11.6. The second-order valence-corrected chi connectivity index (χ2v) is 4.67. The minimum atomic E-state index is 0.210. The molecule has 1 unspecified atom stereocenters. The van der Waals surface area contributed by atoms with Gasteiger partial charge < -0.3 is 9.64 Å². The van der Waals surface area contributed by atoms with E-state index in [1.54, 1.807) is 0 Å². The molecule has 1 atom stereocenters. The van der Waals surface area contributed by atoms with Crippen molar-refractivity contribution in [1.29, 1.82) is 0 Å². The third-order valence-corrected chi connectivity index (χ3v) is 3.56. The molecule has 1 N–H and O–H groups in total. The van der Waals surface area contributed by atoms with Gasteiger partial charge in [0, 0.05) is 6.54 Å². The van der Waals surface area contributed by atoms with Crippen molar-refractivity contribution in [2.24, 2.45) is 0 Å². The third kappa shape index (κ3) is 2.74. The summed E-state index contributed by atoms with van der Waals surface area (Å²) in [5, 5.41) is 3.21. The Hall–Kier alpha value is -0.610. The van der Waals surface area contributed by atoms with Gasteiger partial charge in [0.1, 0.15) is 0 Å². The van der Waals surface area contributed by atoms with Crippen molar-refractivity contribution < 1.29 is 9.53 Å². The summed E-state index contributed by atoms with van der Waals surface area (Å²) < 4.78 is 5.78. The van der Waals surface area contributed by atoms with Crippen LogP contribution in [0, 0.1) is 0 Å². The quantitative estimate of drug-likeness (QED) is 0.763. The first-order chi connectivity index (χ1) is 7.81. The molecular formula is C12H22N2O2. The molecule has 1 amide bonds. The van der Waals surface area contributed by atoms with Crippen LogP contribution in [0.5, 0.6) is 0 Å². The molecule has 0 bridgehead atoms. The van der Waals surface area contributed by atoms with Crippen LogP contribution in [0.2, 0.25) is 0 Å². The molecule has 0 radical (unpaired) electrons. The number of hydrogen-bond acceptors (Lipinski definition) is 3. The van der Waals surface area contributed by atoms with Crippen molar-refractivity contribution in [3.8, 4) is 0 Å². The van der Waals surface area contributed by atoms with Gasteiger partial charge in [-0.05, 0) is 19.3 Å². The number of rotatable bonds is 5. The Balaban J connectivity index is 1.69. The molecule has 16 heavy (non-hydrogen) atoms. The molecule has 0 spiro atoms. The van der Waals surface area contributed by atoms with Crippen LogP contribution < -0.4 is 5.32 Å². The van der Waals surface area contributed by atoms with E-state index in [0.29, 0.717) is 19.3 Å². The molecular weight excluding hydrogens is 204 g/mol. The Morgan fingerprint density at radius 3 is 2.88 bits per heavy atom. The van der Waals surface area contributed by atoms with Crippen LogP contribution in [0.4, 0.5) is 0 Å². The van der Waals surface area contributed by atoms with Crippen LogP contribution >= 0.6 is 0 Å². The number of ether oxygens (including phenoxy) is 1. The fourth-order valence-electron chi connectivity index (χ4n) is 2.61. The van der Waals surface area contributed by atoms with Crippen LogP contribution in [-0.2, 0) is 9.53 Å². The molecule has 4 nitrogen and oxygen atoms in total. The molecule has 2 rings (SSSR count). The Morgan fingerprint density at radius 1 is 1.44 bits per heavy atom. The van der Waals surface area contributed by atoms with Crippen LogP contribution in [0.15, 0.2) is 0 Å². The highest BCUT2D eigenvalue weighted by atomic mass is 16.5. The van der Waals surface area contributed by atoms with E-state index in [9.17, 15) is 4.79 Å². The highest BCUT2D eigenvalue weighted by Gasteiger charge is 2.28.